The zero-order chi connectivity index (χ0) is 18.3. The fourth-order valence-electron chi connectivity index (χ4n) is 4.29. The molecular weight excluding hydrogens is 332 g/mol. The molecule has 1 saturated heterocycles. The molecule has 2 amide bonds. The van der Waals surface area contributed by atoms with Gasteiger partial charge in [-0.05, 0) is 55.4 Å². The molecule has 1 N–H and O–H groups in total. The van der Waals surface area contributed by atoms with Crippen LogP contribution in [0, 0.1) is 0 Å². The predicted molar refractivity (Wildman–Crippen MR) is 95.8 cm³/mol. The van der Waals surface area contributed by atoms with Crippen LogP contribution in [0.25, 0.3) is 0 Å². The molecule has 0 aromatic heterocycles. The smallest absolute Gasteiger partial charge is 0.251 e. The minimum absolute atomic E-state index is 0.0276. The van der Waals surface area contributed by atoms with E-state index in [2.05, 4.69) is 12.1 Å². The summed E-state index contributed by atoms with van der Waals surface area (Å²) in [5, 5.41) is 9.90. The lowest BCUT2D eigenvalue weighted by molar-refractivity contribution is -0.145. The molecule has 1 saturated carbocycles. The van der Waals surface area contributed by atoms with E-state index in [0.29, 0.717) is 26.1 Å². The van der Waals surface area contributed by atoms with Crippen LogP contribution in [0.5, 0.6) is 5.75 Å². The molecule has 26 heavy (non-hydrogen) atoms. The van der Waals surface area contributed by atoms with Crippen LogP contribution in [-0.2, 0) is 21.5 Å². The van der Waals surface area contributed by atoms with Crippen LogP contribution in [0.15, 0.2) is 18.2 Å². The van der Waals surface area contributed by atoms with Crippen molar-refractivity contribution in [3.63, 3.8) is 0 Å². The highest BCUT2D eigenvalue weighted by Crippen LogP contribution is 2.53. The van der Waals surface area contributed by atoms with Gasteiger partial charge in [-0.1, -0.05) is 6.07 Å². The Balaban J connectivity index is 1.50. The highest BCUT2D eigenvalue weighted by Gasteiger charge is 2.50. The molecule has 4 rings (SSSR count). The lowest BCUT2D eigenvalue weighted by Crippen LogP contribution is -2.48. The Morgan fingerprint density at radius 3 is 2.88 bits per heavy atom. The third kappa shape index (κ3) is 3.07. The Hall–Kier alpha value is -2.08. The molecule has 1 aromatic carbocycles. The van der Waals surface area contributed by atoms with E-state index in [9.17, 15) is 14.7 Å². The number of hydrogen-bond donors (Lipinski definition) is 1. The molecule has 1 spiro atoms. The van der Waals surface area contributed by atoms with E-state index in [-0.39, 0.29) is 23.8 Å². The van der Waals surface area contributed by atoms with Gasteiger partial charge in [0, 0.05) is 25.0 Å². The molecule has 1 aliphatic carbocycles. The van der Waals surface area contributed by atoms with Crippen molar-refractivity contribution in [2.75, 3.05) is 26.7 Å². The molecule has 1 aromatic rings. The van der Waals surface area contributed by atoms with Crippen LogP contribution in [0.4, 0.5) is 0 Å². The van der Waals surface area contributed by atoms with E-state index >= 15 is 0 Å². The molecule has 6 heteroatoms. The van der Waals surface area contributed by atoms with Gasteiger partial charge in [0.1, 0.15) is 11.9 Å². The average molecular weight is 358 g/mol. The first-order chi connectivity index (χ1) is 12.5. The normalized spacial score (nSPS) is 24.2. The monoisotopic (exact) mass is 358 g/mol. The molecule has 2 aliphatic heterocycles. The number of benzene rings is 1. The maximum atomic E-state index is 12.9. The van der Waals surface area contributed by atoms with E-state index < -0.39 is 6.10 Å². The first kappa shape index (κ1) is 17.3. The minimum Gasteiger partial charge on any atom is -0.497 e. The third-order valence-electron chi connectivity index (χ3n) is 6.03. The first-order valence-corrected chi connectivity index (χ1v) is 9.44. The summed E-state index contributed by atoms with van der Waals surface area (Å²) < 4.78 is 5.36. The minimum atomic E-state index is -0.963. The van der Waals surface area contributed by atoms with Gasteiger partial charge in [-0.3, -0.25) is 9.59 Å². The second-order valence-electron chi connectivity index (χ2n) is 7.82. The molecule has 3 aliphatic rings. The highest BCUT2D eigenvalue weighted by molar-refractivity contribution is 5.87. The second kappa shape index (κ2) is 6.58. The topological polar surface area (TPSA) is 70.1 Å². The number of hydrogen-bond acceptors (Lipinski definition) is 4. The molecule has 1 atom stereocenters. The summed E-state index contributed by atoms with van der Waals surface area (Å²) in [6.45, 7) is 1.90. The Morgan fingerprint density at radius 1 is 1.35 bits per heavy atom. The SMILES string of the molecule is COc1ccc2c(c1)C1(CC1)CN(C(=O)CN1CCCCC(O)C1=O)C2. The Labute approximate surface area is 153 Å². The fourth-order valence-corrected chi connectivity index (χ4v) is 4.29. The van der Waals surface area contributed by atoms with Crippen molar-refractivity contribution in [1.82, 2.24) is 9.80 Å². The average Bonchev–Trinajstić information content (AvgIpc) is 3.44. The third-order valence-corrected chi connectivity index (χ3v) is 6.03. The Bertz CT molecular complexity index is 729. The molecule has 2 fully saturated rings. The number of aliphatic hydroxyl groups is 1. The Kier molecular flexibility index (Phi) is 4.39. The van der Waals surface area contributed by atoms with Crippen LogP contribution in [0.2, 0.25) is 0 Å². The second-order valence-corrected chi connectivity index (χ2v) is 7.82. The lowest BCUT2D eigenvalue weighted by atomic mass is 9.86. The highest BCUT2D eigenvalue weighted by atomic mass is 16.5. The number of nitrogens with zero attached hydrogens (tertiary/aromatic N) is 2. The van der Waals surface area contributed by atoms with Gasteiger partial charge >= 0.3 is 0 Å². The van der Waals surface area contributed by atoms with Crippen LogP contribution >= 0.6 is 0 Å². The summed E-state index contributed by atoms with van der Waals surface area (Å²) in [6, 6.07) is 6.10. The van der Waals surface area contributed by atoms with Crippen molar-refractivity contribution >= 4 is 11.8 Å². The van der Waals surface area contributed by atoms with Gasteiger partial charge in [0.05, 0.1) is 13.7 Å². The van der Waals surface area contributed by atoms with Gasteiger partial charge in [0.2, 0.25) is 5.91 Å². The van der Waals surface area contributed by atoms with Gasteiger partial charge < -0.3 is 19.6 Å². The first-order valence-electron chi connectivity index (χ1n) is 9.44. The molecule has 6 nitrogen and oxygen atoms in total. The molecule has 2 heterocycles. The summed E-state index contributed by atoms with van der Waals surface area (Å²) in [5.74, 6) is 0.526. The van der Waals surface area contributed by atoms with Gasteiger partial charge in [0.15, 0.2) is 0 Å². The van der Waals surface area contributed by atoms with Crippen LogP contribution in [0.3, 0.4) is 0 Å². The number of aliphatic hydroxyl groups excluding tert-OH is 1. The largest absolute Gasteiger partial charge is 0.497 e. The summed E-state index contributed by atoms with van der Waals surface area (Å²) in [6.07, 6.45) is 3.35. The van der Waals surface area contributed by atoms with Gasteiger partial charge in [-0.2, -0.15) is 0 Å². The van der Waals surface area contributed by atoms with E-state index in [1.807, 2.05) is 11.0 Å². The van der Waals surface area contributed by atoms with E-state index in [1.54, 1.807) is 7.11 Å². The summed E-state index contributed by atoms with van der Waals surface area (Å²) in [4.78, 5) is 28.6. The molecular formula is C20H26N2O4. The maximum absolute atomic E-state index is 12.9. The number of methoxy groups -OCH3 is 1. The number of carbonyl (C=O) groups excluding carboxylic acids is 2. The number of amides is 2. The van der Waals surface area contributed by atoms with Crippen molar-refractivity contribution in [3.8, 4) is 5.75 Å². The maximum Gasteiger partial charge on any atom is 0.251 e. The van der Waals surface area contributed by atoms with Gasteiger partial charge in [-0.15, -0.1) is 0 Å². The lowest BCUT2D eigenvalue weighted by Gasteiger charge is -2.36. The quantitative estimate of drug-likeness (QED) is 0.888. The molecule has 140 valence electrons. The van der Waals surface area contributed by atoms with Crippen LogP contribution in [0.1, 0.15) is 43.2 Å². The van der Waals surface area contributed by atoms with E-state index in [1.165, 1.54) is 16.0 Å². The summed E-state index contributed by atoms with van der Waals surface area (Å²) in [7, 11) is 1.67. The van der Waals surface area contributed by atoms with Crippen LogP contribution in [-0.4, -0.2) is 59.6 Å². The summed E-state index contributed by atoms with van der Waals surface area (Å²) in [5.41, 5.74) is 2.53. The number of rotatable bonds is 3. The van der Waals surface area contributed by atoms with Crippen molar-refractivity contribution in [2.24, 2.45) is 0 Å². The van der Waals surface area contributed by atoms with Gasteiger partial charge in [-0.25, -0.2) is 0 Å². The number of ether oxygens (including phenoxy) is 1. The van der Waals surface area contributed by atoms with E-state index in [4.69, 9.17) is 4.74 Å². The number of fused-ring (bicyclic) bond motifs is 2. The zero-order valence-electron chi connectivity index (χ0n) is 15.2. The molecule has 0 bridgehead atoms. The van der Waals surface area contributed by atoms with Crippen molar-refractivity contribution in [2.45, 2.75) is 50.2 Å². The standard InChI is InChI=1S/C20H26N2O4/c1-26-15-6-5-14-11-22(13-20(7-8-20)16(14)10-15)18(24)12-21-9-3-2-4-17(23)19(21)25/h5-6,10,17,23H,2-4,7-9,11-13H2,1H3. The molecule has 0 radical (unpaired) electrons. The predicted octanol–water partition coefficient (Wildman–Crippen LogP) is 1.44. The fraction of sp³-hybridized carbons (Fsp3) is 0.600. The van der Waals surface area contributed by atoms with Crippen molar-refractivity contribution in [1.29, 1.82) is 0 Å². The number of carbonyl (C=O) groups is 2. The Morgan fingerprint density at radius 2 is 2.15 bits per heavy atom. The summed E-state index contributed by atoms with van der Waals surface area (Å²) >= 11 is 0. The zero-order valence-corrected chi connectivity index (χ0v) is 15.2. The van der Waals surface area contributed by atoms with Crippen molar-refractivity contribution in [3.05, 3.63) is 29.3 Å². The van der Waals surface area contributed by atoms with Crippen LogP contribution < -0.4 is 4.74 Å². The van der Waals surface area contributed by atoms with Gasteiger partial charge in [0.25, 0.3) is 5.91 Å². The number of likely N-dealkylation sites (tertiary alicyclic amines) is 1. The molecule has 1 unspecified atom stereocenters. The van der Waals surface area contributed by atoms with Crippen molar-refractivity contribution < 1.29 is 19.4 Å². The van der Waals surface area contributed by atoms with E-state index in [0.717, 1.165) is 31.4 Å².